The van der Waals surface area contributed by atoms with E-state index in [4.69, 9.17) is 5.84 Å². The maximum absolute atomic E-state index is 14.1. The minimum Gasteiger partial charge on any atom is -0.271 e. The number of nitrogens with two attached hydrogens (primary N) is 1. The van der Waals surface area contributed by atoms with E-state index >= 15 is 0 Å². The zero-order valence-corrected chi connectivity index (χ0v) is 11.7. The third kappa shape index (κ3) is 2.69. The maximum Gasteiger partial charge on any atom is 0.128 e. The van der Waals surface area contributed by atoms with Crippen LogP contribution >= 0.6 is 0 Å². The lowest BCUT2D eigenvalue weighted by Gasteiger charge is -2.30. The molecular formula is C17H18F2N2. The van der Waals surface area contributed by atoms with E-state index in [0.717, 1.165) is 30.5 Å². The van der Waals surface area contributed by atoms with Crippen LogP contribution < -0.4 is 11.3 Å². The third-order valence-electron chi connectivity index (χ3n) is 4.29. The molecule has 110 valence electrons. The topological polar surface area (TPSA) is 38.0 Å². The summed E-state index contributed by atoms with van der Waals surface area (Å²) in [5, 5.41) is 0. The van der Waals surface area contributed by atoms with Crippen molar-refractivity contribution in [3.05, 3.63) is 70.8 Å². The van der Waals surface area contributed by atoms with Gasteiger partial charge in [-0.3, -0.25) is 5.84 Å². The second-order valence-corrected chi connectivity index (χ2v) is 5.52. The highest BCUT2D eigenvalue weighted by Crippen LogP contribution is 2.40. The van der Waals surface area contributed by atoms with Crippen molar-refractivity contribution in [2.45, 2.75) is 31.2 Å². The zero-order valence-electron chi connectivity index (χ0n) is 11.7. The summed E-state index contributed by atoms with van der Waals surface area (Å²) in [6, 6.07) is 10.8. The lowest BCUT2D eigenvalue weighted by molar-refractivity contribution is 0.413. The first kappa shape index (κ1) is 14.2. The predicted octanol–water partition coefficient (Wildman–Crippen LogP) is 3.79. The normalized spacial score (nSPS) is 16.5. The molecule has 2 aromatic rings. The smallest absolute Gasteiger partial charge is 0.128 e. The molecule has 0 spiro atoms. The fraction of sp³-hybridized carbons (Fsp3) is 0.294. The van der Waals surface area contributed by atoms with Gasteiger partial charge in [0, 0.05) is 5.56 Å². The Morgan fingerprint density at radius 2 is 1.81 bits per heavy atom. The highest BCUT2D eigenvalue weighted by Gasteiger charge is 2.26. The van der Waals surface area contributed by atoms with Crippen LogP contribution in [0.5, 0.6) is 0 Å². The predicted molar refractivity (Wildman–Crippen MR) is 78.6 cm³/mol. The highest BCUT2D eigenvalue weighted by molar-refractivity contribution is 5.40. The summed E-state index contributed by atoms with van der Waals surface area (Å²) in [4.78, 5) is 0. The van der Waals surface area contributed by atoms with E-state index in [1.54, 1.807) is 0 Å². The van der Waals surface area contributed by atoms with Gasteiger partial charge in [0.25, 0.3) is 0 Å². The van der Waals surface area contributed by atoms with E-state index in [2.05, 4.69) is 11.5 Å². The Balaban J connectivity index is 2.06. The first-order valence-corrected chi connectivity index (χ1v) is 7.20. The number of benzene rings is 2. The molecule has 0 bridgehead atoms. The van der Waals surface area contributed by atoms with Crippen molar-refractivity contribution in [3.63, 3.8) is 0 Å². The first-order chi connectivity index (χ1) is 10.2. The number of rotatable bonds is 4. The molecule has 1 atom stereocenters. The lowest BCUT2D eigenvalue weighted by Crippen LogP contribution is -2.31. The van der Waals surface area contributed by atoms with Crippen LogP contribution in [0.1, 0.15) is 47.9 Å². The molecule has 0 aliphatic heterocycles. The van der Waals surface area contributed by atoms with Crippen molar-refractivity contribution in [1.29, 1.82) is 0 Å². The van der Waals surface area contributed by atoms with Crippen molar-refractivity contribution in [2.24, 2.45) is 5.84 Å². The van der Waals surface area contributed by atoms with Crippen LogP contribution in [0.3, 0.4) is 0 Å². The average molecular weight is 288 g/mol. The van der Waals surface area contributed by atoms with E-state index < -0.39 is 17.7 Å². The minimum atomic E-state index is -0.544. The van der Waals surface area contributed by atoms with Gasteiger partial charge in [0.2, 0.25) is 0 Å². The van der Waals surface area contributed by atoms with E-state index in [9.17, 15) is 8.78 Å². The fourth-order valence-electron chi connectivity index (χ4n) is 2.95. The minimum absolute atomic E-state index is 0.240. The Kier molecular flexibility index (Phi) is 3.99. The Bertz CT molecular complexity index is 638. The van der Waals surface area contributed by atoms with Gasteiger partial charge >= 0.3 is 0 Å². The molecule has 0 amide bonds. The largest absolute Gasteiger partial charge is 0.271 e. The van der Waals surface area contributed by atoms with Gasteiger partial charge in [-0.15, -0.1) is 0 Å². The summed E-state index contributed by atoms with van der Waals surface area (Å²) in [6.45, 7) is 0. The molecule has 0 saturated heterocycles. The van der Waals surface area contributed by atoms with Crippen LogP contribution in [-0.4, -0.2) is 0 Å². The summed E-state index contributed by atoms with van der Waals surface area (Å²) < 4.78 is 27.5. The summed E-state index contributed by atoms with van der Waals surface area (Å²) in [5.74, 6) is 5.22. The number of nitrogens with one attached hydrogen (secondary N) is 1. The number of hydrazine groups is 1. The molecule has 0 heterocycles. The van der Waals surface area contributed by atoms with Gasteiger partial charge in [-0.1, -0.05) is 30.7 Å². The first-order valence-electron chi connectivity index (χ1n) is 7.20. The summed E-state index contributed by atoms with van der Waals surface area (Å²) in [6.07, 6.45) is 3.49. The highest BCUT2D eigenvalue weighted by atomic mass is 19.1. The second-order valence-electron chi connectivity index (χ2n) is 5.52. The molecule has 3 rings (SSSR count). The van der Waals surface area contributed by atoms with Gasteiger partial charge in [0.1, 0.15) is 11.6 Å². The monoisotopic (exact) mass is 288 g/mol. The molecule has 1 aliphatic carbocycles. The Morgan fingerprint density at radius 3 is 2.48 bits per heavy atom. The molecule has 1 fully saturated rings. The summed E-state index contributed by atoms with van der Waals surface area (Å²) >= 11 is 0. The van der Waals surface area contributed by atoms with Crippen molar-refractivity contribution in [2.75, 3.05) is 0 Å². The van der Waals surface area contributed by atoms with Crippen molar-refractivity contribution in [3.8, 4) is 0 Å². The fourth-order valence-corrected chi connectivity index (χ4v) is 2.95. The molecule has 2 aromatic carbocycles. The molecule has 1 unspecified atom stereocenters. The molecule has 2 nitrogen and oxygen atoms in total. The average Bonchev–Trinajstić information content (AvgIpc) is 2.43. The zero-order chi connectivity index (χ0) is 14.8. The molecule has 1 saturated carbocycles. The molecule has 3 N–H and O–H groups in total. The quantitative estimate of drug-likeness (QED) is 0.663. The number of hydrogen-bond acceptors (Lipinski definition) is 2. The van der Waals surface area contributed by atoms with Gasteiger partial charge in [0.05, 0.1) is 6.04 Å². The van der Waals surface area contributed by atoms with Crippen LogP contribution in [0.4, 0.5) is 8.78 Å². The molecule has 0 aromatic heterocycles. The third-order valence-corrected chi connectivity index (χ3v) is 4.29. The van der Waals surface area contributed by atoms with Crippen molar-refractivity contribution < 1.29 is 8.78 Å². The Labute approximate surface area is 122 Å². The van der Waals surface area contributed by atoms with E-state index in [0.29, 0.717) is 5.92 Å². The van der Waals surface area contributed by atoms with Gasteiger partial charge in [0.15, 0.2) is 0 Å². The second kappa shape index (κ2) is 5.92. The summed E-state index contributed by atoms with van der Waals surface area (Å²) in [7, 11) is 0. The Hall–Kier alpha value is -1.78. The SMILES string of the molecule is NNC(c1cc(F)ccc1F)c1ccccc1C1CCC1. The van der Waals surface area contributed by atoms with E-state index in [-0.39, 0.29) is 5.56 Å². The van der Waals surface area contributed by atoms with Gasteiger partial charge in [-0.05, 0) is 48.1 Å². The van der Waals surface area contributed by atoms with Crippen LogP contribution in [-0.2, 0) is 0 Å². The molecule has 0 radical (unpaired) electrons. The van der Waals surface area contributed by atoms with E-state index in [1.807, 2.05) is 18.2 Å². The van der Waals surface area contributed by atoms with Crippen LogP contribution in [0.25, 0.3) is 0 Å². The summed E-state index contributed by atoms with van der Waals surface area (Å²) in [5.41, 5.74) is 4.98. The Morgan fingerprint density at radius 1 is 1.05 bits per heavy atom. The van der Waals surface area contributed by atoms with Crippen LogP contribution in [0.2, 0.25) is 0 Å². The van der Waals surface area contributed by atoms with Crippen LogP contribution in [0, 0.1) is 11.6 Å². The van der Waals surface area contributed by atoms with Crippen molar-refractivity contribution in [1.82, 2.24) is 5.43 Å². The van der Waals surface area contributed by atoms with Gasteiger partial charge < -0.3 is 0 Å². The standard InChI is InChI=1S/C17H18F2N2/c18-12-8-9-16(19)15(10-12)17(21-20)14-7-2-1-6-13(14)11-4-3-5-11/h1-2,6-11,17,21H,3-5,20H2. The lowest BCUT2D eigenvalue weighted by atomic mass is 9.76. The molecule has 21 heavy (non-hydrogen) atoms. The number of hydrogen-bond donors (Lipinski definition) is 2. The van der Waals surface area contributed by atoms with Gasteiger partial charge in [-0.2, -0.15) is 0 Å². The van der Waals surface area contributed by atoms with E-state index in [1.165, 1.54) is 18.1 Å². The maximum atomic E-state index is 14.1. The van der Waals surface area contributed by atoms with Crippen LogP contribution in [0.15, 0.2) is 42.5 Å². The number of halogens is 2. The molecular weight excluding hydrogens is 270 g/mol. The molecule has 1 aliphatic rings. The molecule has 4 heteroatoms. The van der Waals surface area contributed by atoms with Crippen molar-refractivity contribution >= 4 is 0 Å². The van der Waals surface area contributed by atoms with Gasteiger partial charge in [-0.25, -0.2) is 14.2 Å².